The van der Waals surface area contributed by atoms with Gasteiger partial charge in [0.2, 0.25) is 11.8 Å². The molecule has 57 heteroatoms. The summed E-state index contributed by atoms with van der Waals surface area (Å²) in [6.07, 6.45) is -38.0. The summed E-state index contributed by atoms with van der Waals surface area (Å²) in [5.74, 6) is -191. The number of allylic oxidation sites excluding steroid dienone is 1. The van der Waals surface area contributed by atoms with E-state index >= 15 is 35.1 Å². The third-order valence-electron chi connectivity index (χ3n) is 24.2. The molecule has 4 aliphatic carbocycles. The van der Waals surface area contributed by atoms with Gasteiger partial charge >= 0.3 is 149 Å². The van der Waals surface area contributed by atoms with Gasteiger partial charge in [-0.05, 0) is 122 Å². The van der Waals surface area contributed by atoms with Gasteiger partial charge in [-0.15, -0.1) is 0 Å². The lowest BCUT2D eigenvalue weighted by Gasteiger charge is -2.58. The van der Waals surface area contributed by atoms with E-state index in [0.717, 1.165) is 50.5 Å². The normalized spacial score (nSPS) is 22.7. The number of ether oxygens (including phenoxy) is 1. The molecule has 0 unspecified atom stereocenters. The molecular weight excluding hydrogens is 1910 g/mol. The zero-order chi connectivity index (χ0) is 100. The minimum absolute atomic E-state index is 0.0239. The van der Waals surface area contributed by atoms with Crippen molar-refractivity contribution in [3.63, 3.8) is 0 Å². The maximum atomic E-state index is 15.3. The fourth-order valence-corrected chi connectivity index (χ4v) is 16.4. The van der Waals surface area contributed by atoms with E-state index in [4.69, 9.17) is 4.74 Å². The lowest BCUT2D eigenvalue weighted by molar-refractivity contribution is -0.461. The molecule has 1 aromatic carbocycles. The minimum atomic E-state index is -9.42. The molecule has 2 amide bonds. The smallest absolute Gasteiger partial charge is 0.458 e. The number of alkyl halides is 51. The molecule has 4 aliphatic rings. The molecule has 5 rings (SSSR count). The van der Waals surface area contributed by atoms with Crippen molar-refractivity contribution in [2.45, 2.75) is 306 Å². The standard InChI is InChI=1S/C71H71F51N2O4/c1-33(2)9-6-10-34(3)40-17-18-41-39-16-15-37-31-38(19-25-46(37,4)42(39)20-26-47(40,41)5)128-45(127)36-13-11-35(12-14-36)32-124(29-8-24-49(74,75)52(80,81)55(86,87)58(92,93)61(98,99)64(104,105)67(110,111)70(117,118)119)44(126)22-30-123(28-7-23-48(72,73)51(78,79)54(84,85)57(90,91)60(96,97)63(102,103)66(108,109)69(114,115)116)43(125)21-27-50(76,77)53(82,83)56(88,89)59(94,95)62(100,101)65(106,107)68(112,113)71(120,121)122/h11-15,33-34,38-42H,6-10,16-32H2,1-5H3/t34-,38+,39+,40-,41+,42+,46+,47-/m1/s1. The van der Waals surface area contributed by atoms with E-state index in [0.29, 0.717) is 60.8 Å². The maximum Gasteiger partial charge on any atom is 0.460 e. The first-order chi connectivity index (χ1) is 56.5. The molecule has 0 heterocycles. The zero-order valence-corrected chi connectivity index (χ0v) is 65.3. The van der Waals surface area contributed by atoms with Crippen molar-refractivity contribution in [3.05, 3.63) is 47.0 Å². The lowest BCUT2D eigenvalue weighted by atomic mass is 9.47. The van der Waals surface area contributed by atoms with Crippen molar-refractivity contribution in [2.75, 3.05) is 19.6 Å². The van der Waals surface area contributed by atoms with E-state index < -0.39 is 264 Å². The van der Waals surface area contributed by atoms with Crippen molar-refractivity contribution in [3.8, 4) is 0 Å². The van der Waals surface area contributed by atoms with Crippen molar-refractivity contribution in [2.24, 2.45) is 46.3 Å². The number of hydrogen-bond acceptors (Lipinski definition) is 4. The van der Waals surface area contributed by atoms with Gasteiger partial charge in [-0.2, -0.15) is 224 Å². The van der Waals surface area contributed by atoms with Crippen LogP contribution >= 0.6 is 0 Å². The monoisotopic (exact) mass is 1980 g/mol. The number of amides is 2. The number of benzene rings is 1. The fraction of sp³-hybridized carbons (Fsp3) is 0.845. The number of fused-ring (bicyclic) bond motifs is 5. The van der Waals surface area contributed by atoms with Crippen LogP contribution < -0.4 is 0 Å². The fourth-order valence-electron chi connectivity index (χ4n) is 16.4. The number of rotatable bonds is 41. The van der Waals surface area contributed by atoms with Crippen LogP contribution in [0.4, 0.5) is 224 Å². The molecule has 746 valence electrons. The van der Waals surface area contributed by atoms with Gasteiger partial charge in [0.1, 0.15) is 6.10 Å². The van der Waals surface area contributed by atoms with Crippen LogP contribution in [0.25, 0.3) is 0 Å². The Morgan fingerprint density at radius 2 is 0.719 bits per heavy atom. The van der Waals surface area contributed by atoms with E-state index in [-0.39, 0.29) is 30.1 Å². The predicted octanol–water partition coefficient (Wildman–Crippen LogP) is 27.2. The average molecular weight is 1990 g/mol. The highest BCUT2D eigenvalue weighted by Crippen LogP contribution is 2.72. The quantitative estimate of drug-likeness (QED) is 0.0372. The molecule has 3 fully saturated rings. The van der Waals surface area contributed by atoms with Crippen molar-refractivity contribution < 1.29 is 243 Å². The van der Waals surface area contributed by atoms with E-state index in [2.05, 4.69) is 27.7 Å². The third-order valence-corrected chi connectivity index (χ3v) is 24.2. The second kappa shape index (κ2) is 34.9. The summed E-state index contributed by atoms with van der Waals surface area (Å²) in [5.41, 5.74) is -0.818. The number of esters is 1. The first-order valence-electron chi connectivity index (χ1n) is 37.2. The van der Waals surface area contributed by atoms with Crippen LogP contribution in [0.2, 0.25) is 0 Å². The molecule has 3 saturated carbocycles. The second-order valence-electron chi connectivity index (χ2n) is 32.9. The number of halogens is 51. The van der Waals surface area contributed by atoms with Crippen LogP contribution in [0.1, 0.15) is 166 Å². The highest BCUT2D eigenvalue weighted by molar-refractivity contribution is 5.89. The summed E-state index contributed by atoms with van der Waals surface area (Å²) in [7, 11) is 0. The van der Waals surface area contributed by atoms with E-state index in [1.165, 1.54) is 0 Å². The zero-order valence-electron chi connectivity index (χ0n) is 65.3. The Bertz CT molecular complexity index is 4050. The molecule has 0 saturated heterocycles. The summed E-state index contributed by atoms with van der Waals surface area (Å²) in [6.45, 7) is 1.81. The largest absolute Gasteiger partial charge is 0.460 e. The molecule has 128 heavy (non-hydrogen) atoms. The number of hydrogen-bond donors (Lipinski definition) is 0. The highest BCUT2D eigenvalue weighted by Gasteiger charge is 2.99. The molecule has 6 nitrogen and oxygen atoms in total. The van der Waals surface area contributed by atoms with Crippen molar-refractivity contribution in [1.82, 2.24) is 9.80 Å². The molecule has 0 bridgehead atoms. The average Bonchev–Trinajstić information content (AvgIpc) is 0.888. The van der Waals surface area contributed by atoms with Gasteiger partial charge in [0.05, 0.1) is 5.56 Å². The Balaban J connectivity index is 1.57. The maximum absolute atomic E-state index is 15.3. The van der Waals surface area contributed by atoms with Crippen LogP contribution in [0.3, 0.4) is 0 Å². The summed E-state index contributed by atoms with van der Waals surface area (Å²) in [4.78, 5) is 39.7. The van der Waals surface area contributed by atoms with E-state index in [1.54, 1.807) is 0 Å². The third kappa shape index (κ3) is 18.1. The summed E-state index contributed by atoms with van der Waals surface area (Å²) in [5, 5.41) is 0. The Labute approximate surface area is 688 Å². The number of carbonyl (C=O) groups is 3. The summed E-state index contributed by atoms with van der Waals surface area (Å²) >= 11 is 0. The topological polar surface area (TPSA) is 66.9 Å². The van der Waals surface area contributed by atoms with Gasteiger partial charge in [-0.3, -0.25) is 9.59 Å². The first kappa shape index (κ1) is 112. The van der Waals surface area contributed by atoms with Gasteiger partial charge in [0, 0.05) is 64.7 Å². The number of carbonyl (C=O) groups excluding carboxylic acids is 3. The van der Waals surface area contributed by atoms with Crippen molar-refractivity contribution >= 4 is 17.8 Å². The summed E-state index contributed by atoms with van der Waals surface area (Å²) < 4.78 is 727. The van der Waals surface area contributed by atoms with Crippen LogP contribution in [0, 0.1) is 46.3 Å². The van der Waals surface area contributed by atoms with Gasteiger partial charge in [-0.1, -0.05) is 77.7 Å². The Morgan fingerprint density at radius 1 is 0.375 bits per heavy atom. The van der Waals surface area contributed by atoms with Crippen LogP contribution in [0.5, 0.6) is 0 Å². The van der Waals surface area contributed by atoms with Crippen LogP contribution in [-0.2, 0) is 20.9 Å². The lowest BCUT2D eigenvalue weighted by Crippen LogP contribution is -2.74. The molecule has 1 aromatic rings. The van der Waals surface area contributed by atoms with E-state index in [9.17, 15) is 203 Å². The molecule has 8 atom stereocenters. The SMILES string of the molecule is CC(C)CCC[C@@H](C)[C@H]1CC[C@H]2[C@@H]3CC=C4C[C@@H](OC(=O)c5ccc(CN(CCCC(F)(F)C(F)(F)C(F)(F)C(F)(F)C(F)(F)C(F)(F)C(F)(F)C(F)(F)F)C(=O)CCN(CCCC(F)(F)C(F)(F)C(F)(F)C(F)(F)C(F)(F)C(F)(F)C(F)(F)C(F)(F)F)C(=O)CCC(F)(F)C(F)(F)C(F)(F)C(F)(F)C(F)(F)C(F)(F)C(F)(F)C(F)(F)F)cc5)CC[C@]4(C)[C@H]3CC[C@]12C. The van der Waals surface area contributed by atoms with E-state index in [1.807, 2.05) is 13.0 Å². The van der Waals surface area contributed by atoms with Gasteiger partial charge < -0.3 is 14.5 Å². The first-order valence-corrected chi connectivity index (χ1v) is 37.2. The molecule has 0 N–H and O–H groups in total. The molecule has 0 spiro atoms. The Hall–Kier alpha value is -6.20. The second-order valence-corrected chi connectivity index (χ2v) is 32.9. The summed E-state index contributed by atoms with van der Waals surface area (Å²) in [6, 6.07) is 2.53. The molecule has 0 aromatic heterocycles. The Morgan fingerprint density at radius 3 is 1.09 bits per heavy atom. The van der Waals surface area contributed by atoms with Gasteiger partial charge in [0.25, 0.3) is 0 Å². The molecule has 0 aliphatic heterocycles. The Kier molecular flexibility index (Phi) is 30.6. The minimum Gasteiger partial charge on any atom is -0.458 e. The molecular formula is C71H71F51N2O4. The van der Waals surface area contributed by atoms with Gasteiger partial charge in [0.15, 0.2) is 0 Å². The van der Waals surface area contributed by atoms with Crippen LogP contribution in [-0.4, -0.2) is 196 Å². The van der Waals surface area contributed by atoms with Crippen molar-refractivity contribution in [1.29, 1.82) is 0 Å². The van der Waals surface area contributed by atoms with Crippen LogP contribution in [0.15, 0.2) is 35.9 Å². The number of nitrogens with zero attached hydrogens (tertiary/aromatic N) is 2. The highest BCUT2D eigenvalue weighted by atomic mass is 19.5. The molecule has 0 radical (unpaired) electrons. The van der Waals surface area contributed by atoms with Gasteiger partial charge in [-0.25, -0.2) is 4.79 Å². The predicted molar refractivity (Wildman–Crippen MR) is 335 cm³/mol.